The molecular weight excluding hydrogens is 238 g/mol. The van der Waals surface area contributed by atoms with Crippen LogP contribution in [0.2, 0.25) is 0 Å². The predicted molar refractivity (Wildman–Crippen MR) is 76.4 cm³/mol. The first-order valence-corrected chi connectivity index (χ1v) is 6.30. The summed E-state index contributed by atoms with van der Waals surface area (Å²) >= 11 is 0. The molecule has 0 bridgehead atoms. The Morgan fingerprint density at radius 1 is 1.21 bits per heavy atom. The van der Waals surface area contributed by atoms with Gasteiger partial charge < -0.3 is 5.32 Å². The molecule has 0 saturated carbocycles. The van der Waals surface area contributed by atoms with Crippen LogP contribution in [0.4, 0.5) is 5.82 Å². The average molecular weight is 257 g/mol. The van der Waals surface area contributed by atoms with Gasteiger partial charge in [-0.05, 0) is 30.0 Å². The van der Waals surface area contributed by atoms with E-state index < -0.39 is 0 Å². The maximum Gasteiger partial charge on any atom is 0.256 e. The summed E-state index contributed by atoms with van der Waals surface area (Å²) in [6.45, 7) is 8.34. The number of aromatic nitrogens is 2. The van der Waals surface area contributed by atoms with Crippen LogP contribution in [0.1, 0.15) is 42.3 Å². The van der Waals surface area contributed by atoms with E-state index in [-0.39, 0.29) is 11.3 Å². The number of amides is 1. The van der Waals surface area contributed by atoms with Crippen molar-refractivity contribution in [2.45, 2.75) is 33.1 Å². The van der Waals surface area contributed by atoms with E-state index in [9.17, 15) is 4.79 Å². The van der Waals surface area contributed by atoms with Crippen molar-refractivity contribution in [2.24, 2.45) is 0 Å². The van der Waals surface area contributed by atoms with Crippen molar-refractivity contribution < 1.29 is 4.79 Å². The minimum absolute atomic E-state index is 0.0922. The summed E-state index contributed by atoms with van der Waals surface area (Å²) < 4.78 is 0. The molecule has 4 nitrogen and oxygen atoms in total. The second kappa shape index (κ2) is 4.88. The van der Waals surface area contributed by atoms with Crippen LogP contribution in [0.15, 0.2) is 30.5 Å². The Hall–Kier alpha value is -2.10. The number of carbonyl (C=O) groups is 1. The Balaban J connectivity index is 2.14. The lowest BCUT2D eigenvalue weighted by molar-refractivity contribution is 0.102. The van der Waals surface area contributed by atoms with E-state index in [0.29, 0.717) is 11.4 Å². The van der Waals surface area contributed by atoms with E-state index in [1.165, 1.54) is 5.56 Å². The van der Waals surface area contributed by atoms with Crippen LogP contribution in [0, 0.1) is 6.92 Å². The molecule has 1 amide bonds. The van der Waals surface area contributed by atoms with Gasteiger partial charge in [0.25, 0.3) is 5.91 Å². The fourth-order valence-corrected chi connectivity index (χ4v) is 1.78. The molecule has 0 saturated heterocycles. The number of nitrogens with zero attached hydrogens (tertiary/aromatic N) is 1. The first-order chi connectivity index (χ1) is 8.88. The smallest absolute Gasteiger partial charge is 0.256 e. The summed E-state index contributed by atoms with van der Waals surface area (Å²) in [5, 5.41) is 9.44. The third kappa shape index (κ3) is 3.02. The van der Waals surface area contributed by atoms with E-state index in [2.05, 4.69) is 36.3 Å². The summed E-state index contributed by atoms with van der Waals surface area (Å²) in [7, 11) is 0. The molecule has 0 aliphatic carbocycles. The van der Waals surface area contributed by atoms with Crippen LogP contribution in [0.5, 0.6) is 0 Å². The Labute approximate surface area is 113 Å². The molecule has 0 fully saturated rings. The number of H-pyrrole nitrogens is 1. The van der Waals surface area contributed by atoms with Crippen molar-refractivity contribution in [1.82, 2.24) is 10.2 Å². The fourth-order valence-electron chi connectivity index (χ4n) is 1.78. The summed E-state index contributed by atoms with van der Waals surface area (Å²) in [5.74, 6) is 0.512. The summed E-state index contributed by atoms with van der Waals surface area (Å²) in [4.78, 5) is 12.1. The number of anilines is 1. The SMILES string of the molecule is Cc1cn[nH]c1NC(=O)c1ccc(C(C)(C)C)cc1. The van der Waals surface area contributed by atoms with Crippen LogP contribution in [0.3, 0.4) is 0 Å². The van der Waals surface area contributed by atoms with Crippen LogP contribution in [0.25, 0.3) is 0 Å². The highest BCUT2D eigenvalue weighted by Crippen LogP contribution is 2.22. The molecule has 1 heterocycles. The van der Waals surface area contributed by atoms with E-state index in [4.69, 9.17) is 0 Å². The lowest BCUT2D eigenvalue weighted by Gasteiger charge is -2.19. The van der Waals surface area contributed by atoms with Gasteiger partial charge in [-0.3, -0.25) is 9.89 Å². The highest BCUT2D eigenvalue weighted by Gasteiger charge is 2.14. The van der Waals surface area contributed by atoms with Gasteiger partial charge in [0.15, 0.2) is 0 Å². The number of carbonyl (C=O) groups excluding carboxylic acids is 1. The molecule has 100 valence electrons. The maximum atomic E-state index is 12.1. The highest BCUT2D eigenvalue weighted by atomic mass is 16.1. The van der Waals surface area contributed by atoms with Crippen molar-refractivity contribution in [1.29, 1.82) is 0 Å². The number of hydrogen-bond donors (Lipinski definition) is 2. The van der Waals surface area contributed by atoms with Gasteiger partial charge in [0.2, 0.25) is 0 Å². The normalized spacial score (nSPS) is 11.4. The predicted octanol–water partition coefficient (Wildman–Crippen LogP) is 3.27. The molecule has 0 spiro atoms. The second-order valence-corrected chi connectivity index (χ2v) is 5.71. The number of nitrogens with one attached hydrogen (secondary N) is 2. The van der Waals surface area contributed by atoms with Crippen molar-refractivity contribution in [3.8, 4) is 0 Å². The number of aryl methyl sites for hydroxylation is 1. The van der Waals surface area contributed by atoms with Crippen LogP contribution in [-0.4, -0.2) is 16.1 Å². The zero-order valence-corrected chi connectivity index (χ0v) is 11.7. The fraction of sp³-hybridized carbons (Fsp3) is 0.333. The molecule has 0 atom stereocenters. The first-order valence-electron chi connectivity index (χ1n) is 6.30. The average Bonchev–Trinajstić information content (AvgIpc) is 2.74. The topological polar surface area (TPSA) is 57.8 Å². The standard InChI is InChI=1S/C15H19N3O/c1-10-9-16-18-13(10)17-14(19)11-5-7-12(8-6-11)15(2,3)4/h5-9H,1-4H3,(H2,16,17,18,19). The summed E-state index contributed by atoms with van der Waals surface area (Å²) in [6.07, 6.45) is 1.68. The lowest BCUT2D eigenvalue weighted by Crippen LogP contribution is -2.15. The number of hydrogen-bond acceptors (Lipinski definition) is 2. The highest BCUT2D eigenvalue weighted by molar-refractivity contribution is 6.04. The first kappa shape index (κ1) is 13.3. The molecule has 2 aromatic rings. The molecule has 1 aromatic carbocycles. The summed E-state index contributed by atoms with van der Waals surface area (Å²) in [5.41, 5.74) is 2.86. The monoisotopic (exact) mass is 257 g/mol. The van der Waals surface area contributed by atoms with Crippen LogP contribution >= 0.6 is 0 Å². The Kier molecular flexibility index (Phi) is 3.42. The molecule has 0 radical (unpaired) electrons. The molecule has 0 aliphatic rings. The lowest BCUT2D eigenvalue weighted by atomic mass is 9.87. The summed E-state index contributed by atoms with van der Waals surface area (Å²) in [6, 6.07) is 7.69. The van der Waals surface area contributed by atoms with Gasteiger partial charge in [-0.1, -0.05) is 32.9 Å². The zero-order valence-electron chi connectivity index (χ0n) is 11.7. The van der Waals surface area contributed by atoms with Crippen molar-refractivity contribution >= 4 is 11.7 Å². The Bertz CT molecular complexity index is 576. The second-order valence-electron chi connectivity index (χ2n) is 5.71. The maximum absolute atomic E-state index is 12.1. The minimum Gasteiger partial charge on any atom is -0.307 e. The van der Waals surface area contributed by atoms with Crippen LogP contribution in [-0.2, 0) is 5.41 Å². The molecule has 0 unspecified atom stereocenters. The molecule has 2 rings (SSSR count). The third-order valence-corrected chi connectivity index (χ3v) is 3.08. The van der Waals surface area contributed by atoms with Gasteiger partial charge in [0.05, 0.1) is 6.20 Å². The van der Waals surface area contributed by atoms with Gasteiger partial charge in [-0.25, -0.2) is 0 Å². The van der Waals surface area contributed by atoms with Crippen molar-refractivity contribution in [2.75, 3.05) is 5.32 Å². The van der Waals surface area contributed by atoms with Crippen molar-refractivity contribution in [3.05, 3.63) is 47.2 Å². The largest absolute Gasteiger partial charge is 0.307 e. The van der Waals surface area contributed by atoms with E-state index in [1.807, 2.05) is 31.2 Å². The quantitative estimate of drug-likeness (QED) is 0.867. The number of aromatic amines is 1. The van der Waals surface area contributed by atoms with Gasteiger partial charge in [0, 0.05) is 11.1 Å². The van der Waals surface area contributed by atoms with Gasteiger partial charge in [0.1, 0.15) is 5.82 Å². The number of benzene rings is 1. The van der Waals surface area contributed by atoms with Gasteiger partial charge in [-0.2, -0.15) is 5.10 Å². The Morgan fingerprint density at radius 2 is 1.84 bits per heavy atom. The van der Waals surface area contributed by atoms with Gasteiger partial charge >= 0.3 is 0 Å². The number of rotatable bonds is 2. The van der Waals surface area contributed by atoms with Gasteiger partial charge in [-0.15, -0.1) is 0 Å². The van der Waals surface area contributed by atoms with E-state index >= 15 is 0 Å². The molecule has 4 heteroatoms. The van der Waals surface area contributed by atoms with Crippen LogP contribution < -0.4 is 5.32 Å². The molecule has 1 aromatic heterocycles. The molecular formula is C15H19N3O. The van der Waals surface area contributed by atoms with Crippen molar-refractivity contribution in [3.63, 3.8) is 0 Å². The molecule has 2 N–H and O–H groups in total. The molecule has 0 aliphatic heterocycles. The van der Waals surface area contributed by atoms with E-state index in [1.54, 1.807) is 6.20 Å². The minimum atomic E-state index is -0.132. The zero-order chi connectivity index (χ0) is 14.0. The van der Waals surface area contributed by atoms with E-state index in [0.717, 1.165) is 5.56 Å². The molecule has 19 heavy (non-hydrogen) atoms. The third-order valence-electron chi connectivity index (χ3n) is 3.08. The Morgan fingerprint density at radius 3 is 2.32 bits per heavy atom.